The van der Waals surface area contributed by atoms with Crippen LogP contribution in [0.2, 0.25) is 0 Å². The molecule has 1 rings (SSSR count). The largest absolute Gasteiger partial charge is 0.481 e. The van der Waals surface area contributed by atoms with E-state index in [1.165, 1.54) is 0 Å². The number of rotatable bonds is 6. The Labute approximate surface area is 113 Å². The summed E-state index contributed by atoms with van der Waals surface area (Å²) >= 11 is 0. The Morgan fingerprint density at radius 3 is 2.58 bits per heavy atom. The van der Waals surface area contributed by atoms with E-state index in [4.69, 9.17) is 5.11 Å². The third kappa shape index (κ3) is 5.90. The lowest BCUT2D eigenvalue weighted by atomic mass is 10.1. The molecule has 0 unspecified atom stereocenters. The van der Waals surface area contributed by atoms with Crippen LogP contribution in [0.1, 0.15) is 25.8 Å². The molecule has 0 spiro atoms. The number of aryl methyl sites for hydroxylation is 1. The van der Waals surface area contributed by atoms with E-state index in [-0.39, 0.29) is 12.5 Å². The molecule has 0 heterocycles. The van der Waals surface area contributed by atoms with Gasteiger partial charge in [0.15, 0.2) is 0 Å². The summed E-state index contributed by atoms with van der Waals surface area (Å²) in [7, 11) is 0. The van der Waals surface area contributed by atoms with E-state index in [1.807, 2.05) is 32.0 Å². The number of hydrogen-bond acceptors (Lipinski definition) is 2. The number of aliphatic carboxylic acids is 1. The number of para-hydroxylation sites is 1. The number of carboxylic acids is 1. The summed E-state index contributed by atoms with van der Waals surface area (Å²) in [5.74, 6) is -0.466. The summed E-state index contributed by atoms with van der Waals surface area (Å²) in [4.78, 5) is 22.3. The predicted molar refractivity (Wildman–Crippen MR) is 74.3 cm³/mol. The second-order valence-corrected chi connectivity index (χ2v) is 4.78. The molecule has 5 heteroatoms. The van der Waals surface area contributed by atoms with Crippen LogP contribution in [0.4, 0.5) is 10.5 Å². The zero-order valence-corrected chi connectivity index (χ0v) is 11.3. The molecule has 0 aromatic heterocycles. The van der Waals surface area contributed by atoms with Crippen LogP contribution >= 0.6 is 0 Å². The molecular formula is C14H20N2O3. The Morgan fingerprint density at radius 2 is 1.95 bits per heavy atom. The number of carbonyl (C=O) groups is 2. The standard InChI is InChI=1S/C14H20N2O3/c1-10(2)9-15-14(19)16-12-6-4-3-5-11(12)7-8-13(17)18/h3-6,10H,7-9H2,1-2H3,(H,17,18)(H2,15,16,19). The number of carboxylic acid groups (broad SMARTS) is 1. The molecule has 0 fully saturated rings. The van der Waals surface area contributed by atoms with Crippen LogP contribution in [-0.2, 0) is 11.2 Å². The molecule has 2 amide bonds. The van der Waals surface area contributed by atoms with Crippen molar-refractivity contribution in [1.29, 1.82) is 0 Å². The van der Waals surface area contributed by atoms with Crippen molar-refractivity contribution in [2.45, 2.75) is 26.7 Å². The summed E-state index contributed by atoms with van der Waals surface area (Å²) in [6.07, 6.45) is 0.447. The van der Waals surface area contributed by atoms with Gasteiger partial charge >= 0.3 is 12.0 Å². The van der Waals surface area contributed by atoms with Crippen LogP contribution in [0.15, 0.2) is 24.3 Å². The second kappa shape index (κ2) is 7.41. The number of anilines is 1. The van der Waals surface area contributed by atoms with Crippen molar-refractivity contribution in [3.05, 3.63) is 29.8 Å². The molecule has 0 aliphatic carbocycles. The molecule has 1 aromatic carbocycles. The minimum Gasteiger partial charge on any atom is -0.481 e. The van der Waals surface area contributed by atoms with Gasteiger partial charge in [-0.2, -0.15) is 0 Å². The van der Waals surface area contributed by atoms with E-state index in [2.05, 4.69) is 10.6 Å². The lowest BCUT2D eigenvalue weighted by Crippen LogP contribution is -2.32. The van der Waals surface area contributed by atoms with Crippen LogP contribution in [0.3, 0.4) is 0 Å². The molecule has 5 nitrogen and oxygen atoms in total. The van der Waals surface area contributed by atoms with Gasteiger partial charge in [0.2, 0.25) is 0 Å². The Hall–Kier alpha value is -2.04. The summed E-state index contributed by atoms with van der Waals surface area (Å²) in [5.41, 5.74) is 1.48. The fourth-order valence-corrected chi connectivity index (χ4v) is 1.57. The van der Waals surface area contributed by atoms with E-state index in [1.54, 1.807) is 6.07 Å². The van der Waals surface area contributed by atoms with Gasteiger partial charge in [0, 0.05) is 18.7 Å². The average Bonchev–Trinajstić information content (AvgIpc) is 2.35. The second-order valence-electron chi connectivity index (χ2n) is 4.78. The van der Waals surface area contributed by atoms with Gasteiger partial charge in [-0.1, -0.05) is 32.0 Å². The van der Waals surface area contributed by atoms with E-state index in [0.717, 1.165) is 5.56 Å². The smallest absolute Gasteiger partial charge is 0.319 e. The van der Waals surface area contributed by atoms with E-state index in [9.17, 15) is 9.59 Å². The van der Waals surface area contributed by atoms with Gasteiger partial charge in [0.05, 0.1) is 0 Å². The minimum absolute atomic E-state index is 0.0479. The zero-order chi connectivity index (χ0) is 14.3. The molecule has 3 N–H and O–H groups in total. The molecule has 0 atom stereocenters. The van der Waals surface area contributed by atoms with Gasteiger partial charge in [-0.3, -0.25) is 4.79 Å². The third-order valence-electron chi connectivity index (χ3n) is 2.54. The molecule has 0 aliphatic heterocycles. The highest BCUT2D eigenvalue weighted by Crippen LogP contribution is 2.16. The quantitative estimate of drug-likeness (QED) is 0.738. The van der Waals surface area contributed by atoms with Gasteiger partial charge in [-0.05, 0) is 24.0 Å². The van der Waals surface area contributed by atoms with Gasteiger partial charge in [-0.25, -0.2) is 4.79 Å². The highest BCUT2D eigenvalue weighted by molar-refractivity contribution is 5.90. The molecule has 0 saturated heterocycles. The lowest BCUT2D eigenvalue weighted by Gasteiger charge is -2.12. The summed E-state index contributed by atoms with van der Waals surface area (Å²) in [6.45, 7) is 4.63. The van der Waals surface area contributed by atoms with Crippen LogP contribution in [0.5, 0.6) is 0 Å². The van der Waals surface area contributed by atoms with Gasteiger partial charge in [0.25, 0.3) is 0 Å². The molecule has 1 aromatic rings. The van der Waals surface area contributed by atoms with Crippen molar-refractivity contribution >= 4 is 17.7 Å². The normalized spacial score (nSPS) is 10.3. The van der Waals surface area contributed by atoms with Gasteiger partial charge < -0.3 is 15.7 Å². The van der Waals surface area contributed by atoms with E-state index < -0.39 is 5.97 Å². The SMILES string of the molecule is CC(C)CNC(=O)Nc1ccccc1CCC(=O)O. The molecule has 0 radical (unpaired) electrons. The molecule has 0 saturated carbocycles. The van der Waals surface area contributed by atoms with Crippen molar-refractivity contribution < 1.29 is 14.7 Å². The van der Waals surface area contributed by atoms with Crippen molar-refractivity contribution in [1.82, 2.24) is 5.32 Å². The van der Waals surface area contributed by atoms with Crippen molar-refractivity contribution in [3.63, 3.8) is 0 Å². The Kier molecular flexibility index (Phi) is 5.85. The molecular weight excluding hydrogens is 244 g/mol. The Morgan fingerprint density at radius 1 is 1.26 bits per heavy atom. The maximum atomic E-state index is 11.7. The molecule has 104 valence electrons. The van der Waals surface area contributed by atoms with Crippen LogP contribution in [0, 0.1) is 5.92 Å². The maximum Gasteiger partial charge on any atom is 0.319 e. The van der Waals surface area contributed by atoms with E-state index >= 15 is 0 Å². The Bertz CT molecular complexity index is 444. The van der Waals surface area contributed by atoms with Gasteiger partial charge in [-0.15, -0.1) is 0 Å². The summed E-state index contributed by atoms with van der Waals surface area (Å²) in [5, 5.41) is 14.2. The highest BCUT2D eigenvalue weighted by Gasteiger charge is 2.08. The number of urea groups is 1. The monoisotopic (exact) mass is 264 g/mol. The number of hydrogen-bond donors (Lipinski definition) is 3. The van der Waals surface area contributed by atoms with Crippen LogP contribution in [-0.4, -0.2) is 23.7 Å². The fraction of sp³-hybridized carbons (Fsp3) is 0.429. The first-order valence-electron chi connectivity index (χ1n) is 6.33. The lowest BCUT2D eigenvalue weighted by molar-refractivity contribution is -0.136. The highest BCUT2D eigenvalue weighted by atomic mass is 16.4. The third-order valence-corrected chi connectivity index (χ3v) is 2.54. The summed E-state index contributed by atoms with van der Waals surface area (Å²) < 4.78 is 0. The predicted octanol–water partition coefficient (Wildman–Crippen LogP) is 2.48. The first-order valence-corrected chi connectivity index (χ1v) is 6.33. The first kappa shape index (κ1) is 15.0. The maximum absolute atomic E-state index is 11.7. The number of amides is 2. The molecule has 0 aliphatic rings. The van der Waals surface area contributed by atoms with Crippen molar-refractivity contribution in [2.24, 2.45) is 5.92 Å². The van der Waals surface area contributed by atoms with Gasteiger partial charge in [0.1, 0.15) is 0 Å². The zero-order valence-electron chi connectivity index (χ0n) is 11.3. The number of carbonyl (C=O) groups excluding carboxylic acids is 1. The average molecular weight is 264 g/mol. The molecule has 19 heavy (non-hydrogen) atoms. The fourth-order valence-electron chi connectivity index (χ4n) is 1.57. The topological polar surface area (TPSA) is 78.4 Å². The summed E-state index contributed by atoms with van der Waals surface area (Å²) in [6, 6.07) is 6.96. The Balaban J connectivity index is 2.61. The number of nitrogens with one attached hydrogen (secondary N) is 2. The minimum atomic E-state index is -0.848. The van der Waals surface area contributed by atoms with Crippen molar-refractivity contribution in [2.75, 3.05) is 11.9 Å². The van der Waals surface area contributed by atoms with E-state index in [0.29, 0.717) is 24.6 Å². The van der Waals surface area contributed by atoms with Crippen LogP contribution < -0.4 is 10.6 Å². The van der Waals surface area contributed by atoms with Crippen LogP contribution in [0.25, 0.3) is 0 Å². The first-order chi connectivity index (χ1) is 8.99. The van der Waals surface area contributed by atoms with Crippen molar-refractivity contribution in [3.8, 4) is 0 Å². The molecule has 0 bridgehead atoms. The number of benzene rings is 1.